The normalized spacial score (nSPS) is 24.0. The fourth-order valence-corrected chi connectivity index (χ4v) is 2.10. The highest BCUT2D eigenvalue weighted by Gasteiger charge is 2.25. The Morgan fingerprint density at radius 1 is 1.61 bits per heavy atom. The van der Waals surface area contributed by atoms with Gasteiger partial charge in [0.15, 0.2) is 0 Å². The van der Waals surface area contributed by atoms with Crippen LogP contribution in [0.5, 0.6) is 0 Å². The summed E-state index contributed by atoms with van der Waals surface area (Å²) in [5, 5.41) is 9.86. The zero-order valence-corrected chi connectivity index (χ0v) is 10.3. The Hall–Kier alpha value is -1.82. The van der Waals surface area contributed by atoms with Gasteiger partial charge in [-0.25, -0.2) is 4.98 Å². The summed E-state index contributed by atoms with van der Waals surface area (Å²) in [5.41, 5.74) is 11.4. The third-order valence-corrected chi connectivity index (χ3v) is 3.43. The van der Waals surface area contributed by atoms with Gasteiger partial charge in [-0.3, -0.25) is 4.79 Å². The number of primary amides is 1. The molecule has 1 fully saturated rings. The predicted molar refractivity (Wildman–Crippen MR) is 69.2 cm³/mol. The molecule has 0 aromatic carbocycles. The van der Waals surface area contributed by atoms with Crippen molar-refractivity contribution in [2.24, 2.45) is 11.7 Å². The molecule has 6 nitrogen and oxygen atoms in total. The standard InChI is InChI=1S/C12H18N4O2/c1-7-2-3-16(6-10(7)17)11-4-8(12(14)18)9(13)5-15-11/h4-5,7,10,17H,2-3,6,13H2,1H3,(H2,14,18). The number of aromatic nitrogens is 1. The number of pyridine rings is 1. The quantitative estimate of drug-likeness (QED) is 0.683. The monoisotopic (exact) mass is 250 g/mol. The summed E-state index contributed by atoms with van der Waals surface area (Å²) in [7, 11) is 0. The second-order valence-corrected chi connectivity index (χ2v) is 4.77. The van der Waals surface area contributed by atoms with E-state index in [2.05, 4.69) is 4.98 Å². The zero-order valence-electron chi connectivity index (χ0n) is 10.3. The minimum Gasteiger partial charge on any atom is -0.397 e. The summed E-state index contributed by atoms with van der Waals surface area (Å²) >= 11 is 0. The van der Waals surface area contributed by atoms with Gasteiger partial charge >= 0.3 is 0 Å². The molecular weight excluding hydrogens is 232 g/mol. The third kappa shape index (κ3) is 2.38. The number of hydrogen-bond acceptors (Lipinski definition) is 5. The lowest BCUT2D eigenvalue weighted by Crippen LogP contribution is -2.43. The summed E-state index contributed by atoms with van der Waals surface area (Å²) in [4.78, 5) is 17.3. The van der Waals surface area contributed by atoms with E-state index in [1.54, 1.807) is 6.07 Å². The average Bonchev–Trinajstić information content (AvgIpc) is 2.33. The van der Waals surface area contributed by atoms with Gasteiger partial charge in [0.05, 0.1) is 23.6 Å². The number of anilines is 2. The molecule has 1 aromatic heterocycles. The van der Waals surface area contributed by atoms with Crippen molar-refractivity contribution in [1.82, 2.24) is 4.98 Å². The highest BCUT2D eigenvalue weighted by atomic mass is 16.3. The minimum atomic E-state index is -0.568. The average molecular weight is 250 g/mol. The molecule has 2 atom stereocenters. The van der Waals surface area contributed by atoms with E-state index in [1.165, 1.54) is 6.20 Å². The van der Waals surface area contributed by atoms with Crippen LogP contribution >= 0.6 is 0 Å². The van der Waals surface area contributed by atoms with E-state index in [9.17, 15) is 9.90 Å². The van der Waals surface area contributed by atoms with Crippen LogP contribution in [-0.2, 0) is 0 Å². The lowest BCUT2D eigenvalue weighted by Gasteiger charge is -2.35. The Labute approximate surface area is 106 Å². The van der Waals surface area contributed by atoms with Gasteiger partial charge in [0.1, 0.15) is 5.82 Å². The Balaban J connectivity index is 2.24. The molecular formula is C12H18N4O2. The van der Waals surface area contributed by atoms with Crippen LogP contribution in [0.2, 0.25) is 0 Å². The van der Waals surface area contributed by atoms with E-state index in [-0.39, 0.29) is 23.3 Å². The Morgan fingerprint density at radius 2 is 2.33 bits per heavy atom. The largest absolute Gasteiger partial charge is 0.397 e. The van der Waals surface area contributed by atoms with Crippen molar-refractivity contribution < 1.29 is 9.90 Å². The fourth-order valence-electron chi connectivity index (χ4n) is 2.10. The summed E-state index contributed by atoms with van der Waals surface area (Å²) < 4.78 is 0. The number of nitrogens with zero attached hydrogens (tertiary/aromatic N) is 2. The Bertz CT molecular complexity index is 463. The molecule has 1 aromatic rings. The zero-order chi connectivity index (χ0) is 13.3. The number of piperidine rings is 1. The molecule has 1 amide bonds. The van der Waals surface area contributed by atoms with Gasteiger partial charge in [0.25, 0.3) is 5.91 Å². The molecule has 2 unspecified atom stereocenters. The maximum atomic E-state index is 11.2. The first-order valence-electron chi connectivity index (χ1n) is 5.97. The molecule has 6 heteroatoms. The van der Waals surface area contributed by atoms with Crippen LogP contribution in [0.15, 0.2) is 12.3 Å². The number of aliphatic hydroxyl groups is 1. The van der Waals surface area contributed by atoms with Gasteiger partial charge < -0.3 is 21.5 Å². The highest BCUT2D eigenvalue weighted by molar-refractivity contribution is 5.98. The van der Waals surface area contributed by atoms with Crippen molar-refractivity contribution in [1.29, 1.82) is 0 Å². The number of carbonyl (C=O) groups excluding carboxylic acids is 1. The molecule has 0 aliphatic carbocycles. The molecule has 1 aliphatic heterocycles. The molecule has 0 bridgehead atoms. The topological polar surface area (TPSA) is 105 Å². The first-order valence-corrected chi connectivity index (χ1v) is 5.97. The third-order valence-electron chi connectivity index (χ3n) is 3.43. The minimum absolute atomic E-state index is 0.271. The van der Waals surface area contributed by atoms with Crippen molar-refractivity contribution in [3.8, 4) is 0 Å². The van der Waals surface area contributed by atoms with Crippen LogP contribution in [0, 0.1) is 5.92 Å². The Morgan fingerprint density at radius 3 is 2.94 bits per heavy atom. The summed E-state index contributed by atoms with van der Waals surface area (Å²) in [6.07, 6.45) is 1.94. The molecule has 0 radical (unpaired) electrons. The van der Waals surface area contributed by atoms with E-state index >= 15 is 0 Å². The number of amides is 1. The van der Waals surface area contributed by atoms with E-state index < -0.39 is 5.91 Å². The maximum absolute atomic E-state index is 11.2. The van der Waals surface area contributed by atoms with Crippen LogP contribution in [0.1, 0.15) is 23.7 Å². The van der Waals surface area contributed by atoms with Gasteiger partial charge in [-0.05, 0) is 18.4 Å². The molecule has 18 heavy (non-hydrogen) atoms. The lowest BCUT2D eigenvalue weighted by molar-refractivity contribution is 0.100. The summed E-state index contributed by atoms with van der Waals surface area (Å²) in [6, 6.07) is 1.58. The molecule has 5 N–H and O–H groups in total. The van der Waals surface area contributed by atoms with Crippen LogP contribution < -0.4 is 16.4 Å². The molecule has 0 saturated carbocycles. The number of carbonyl (C=O) groups is 1. The van der Waals surface area contributed by atoms with Gasteiger partial charge in [0, 0.05) is 13.1 Å². The van der Waals surface area contributed by atoms with Gasteiger partial charge in [-0.2, -0.15) is 0 Å². The molecule has 2 heterocycles. The van der Waals surface area contributed by atoms with Crippen LogP contribution in [-0.4, -0.2) is 35.2 Å². The first kappa shape index (κ1) is 12.6. The van der Waals surface area contributed by atoms with Crippen molar-refractivity contribution in [3.63, 3.8) is 0 Å². The second-order valence-electron chi connectivity index (χ2n) is 4.77. The molecule has 98 valence electrons. The van der Waals surface area contributed by atoms with Crippen molar-refractivity contribution >= 4 is 17.4 Å². The van der Waals surface area contributed by atoms with Crippen molar-refractivity contribution in [3.05, 3.63) is 17.8 Å². The maximum Gasteiger partial charge on any atom is 0.250 e. The molecule has 0 spiro atoms. The van der Waals surface area contributed by atoms with Gasteiger partial charge in [-0.15, -0.1) is 0 Å². The number of nitrogen functional groups attached to an aromatic ring is 1. The van der Waals surface area contributed by atoms with Crippen molar-refractivity contribution in [2.75, 3.05) is 23.7 Å². The second kappa shape index (κ2) is 4.81. The Kier molecular flexibility index (Phi) is 3.38. The van der Waals surface area contributed by atoms with E-state index in [0.717, 1.165) is 13.0 Å². The highest BCUT2D eigenvalue weighted by Crippen LogP contribution is 2.24. The van der Waals surface area contributed by atoms with Gasteiger partial charge in [0.2, 0.25) is 0 Å². The van der Waals surface area contributed by atoms with Crippen LogP contribution in [0.3, 0.4) is 0 Å². The van der Waals surface area contributed by atoms with Crippen molar-refractivity contribution in [2.45, 2.75) is 19.4 Å². The number of hydrogen-bond donors (Lipinski definition) is 3. The van der Waals surface area contributed by atoms with E-state index in [0.29, 0.717) is 12.4 Å². The predicted octanol–water partition coefficient (Wildman–Crippen LogP) is -0.0302. The summed E-state index contributed by atoms with van der Waals surface area (Å²) in [6.45, 7) is 3.33. The van der Waals surface area contributed by atoms with E-state index in [1.807, 2.05) is 11.8 Å². The SMILES string of the molecule is CC1CCN(c2cc(C(N)=O)c(N)cn2)CC1O. The van der Waals surface area contributed by atoms with Crippen LogP contribution in [0.25, 0.3) is 0 Å². The number of rotatable bonds is 2. The molecule has 1 aliphatic rings. The first-order chi connectivity index (χ1) is 8.49. The van der Waals surface area contributed by atoms with E-state index in [4.69, 9.17) is 11.5 Å². The summed E-state index contributed by atoms with van der Waals surface area (Å²) in [5.74, 6) is 0.344. The van der Waals surface area contributed by atoms with Gasteiger partial charge in [-0.1, -0.05) is 6.92 Å². The number of aliphatic hydroxyl groups excluding tert-OH is 1. The fraction of sp³-hybridized carbons (Fsp3) is 0.500. The number of β-amino-alcohol motifs (C(OH)–C–C–N with tert-alkyl or cyclic N) is 1. The molecule has 2 rings (SSSR count). The lowest BCUT2D eigenvalue weighted by atomic mass is 9.96. The van der Waals surface area contributed by atoms with Crippen LogP contribution in [0.4, 0.5) is 11.5 Å². The molecule has 1 saturated heterocycles. The smallest absolute Gasteiger partial charge is 0.250 e. The number of nitrogens with two attached hydrogens (primary N) is 2.